The summed E-state index contributed by atoms with van der Waals surface area (Å²) in [4.78, 5) is 23.7. The summed E-state index contributed by atoms with van der Waals surface area (Å²) in [5.41, 5.74) is 11.0. The monoisotopic (exact) mass is 556 g/mol. The Morgan fingerprint density at radius 2 is 1.38 bits per heavy atom. The molecule has 0 aromatic heterocycles. The van der Waals surface area contributed by atoms with Gasteiger partial charge in [-0.2, -0.15) is 4.79 Å². The van der Waals surface area contributed by atoms with Crippen LogP contribution in [0.25, 0.3) is 5.53 Å². The number of carbonyl (C=O) groups is 1. The van der Waals surface area contributed by atoms with Gasteiger partial charge in [-0.15, -0.1) is 6.42 Å². The van der Waals surface area contributed by atoms with E-state index >= 15 is 0 Å². The Labute approximate surface area is 238 Å². The highest BCUT2D eigenvalue weighted by Crippen LogP contribution is 2.15. The molecule has 11 nitrogen and oxygen atoms in total. The highest BCUT2D eigenvalue weighted by molar-refractivity contribution is 6.40. The lowest BCUT2D eigenvalue weighted by molar-refractivity contribution is -0.133. The van der Waals surface area contributed by atoms with Gasteiger partial charge in [0.25, 0.3) is 0 Å². The van der Waals surface area contributed by atoms with Crippen molar-refractivity contribution in [2.24, 2.45) is 0 Å². The number of piperazine rings is 2. The van der Waals surface area contributed by atoms with E-state index in [0.717, 1.165) is 96.3 Å². The lowest BCUT2D eigenvalue weighted by Crippen LogP contribution is -2.47. The first-order chi connectivity index (χ1) is 19.5. The fourth-order valence-electron chi connectivity index (χ4n) is 4.96. The van der Waals surface area contributed by atoms with Crippen molar-refractivity contribution in [3.05, 3.63) is 40.4 Å². The molecule has 2 aliphatic heterocycles. The third kappa shape index (κ3) is 11.1. The summed E-state index contributed by atoms with van der Waals surface area (Å²) in [6, 6.07) is 5.57. The minimum Gasteiger partial charge on any atom is -0.472 e. The van der Waals surface area contributed by atoms with Gasteiger partial charge in [0.1, 0.15) is 0 Å². The van der Waals surface area contributed by atoms with Gasteiger partial charge >= 0.3 is 11.7 Å². The van der Waals surface area contributed by atoms with Crippen LogP contribution in [0.2, 0.25) is 0 Å². The van der Waals surface area contributed by atoms with Crippen molar-refractivity contribution in [3.8, 4) is 12.3 Å². The zero-order valence-corrected chi connectivity index (χ0v) is 23.8. The molecular weight excluding hydrogens is 512 g/mol. The molecule has 0 bridgehead atoms. The number of nitrogens with zero attached hydrogens (tertiary/aromatic N) is 6. The van der Waals surface area contributed by atoms with Crippen LogP contribution in [0.15, 0.2) is 18.2 Å². The van der Waals surface area contributed by atoms with Crippen LogP contribution in [-0.4, -0.2) is 153 Å². The second kappa shape index (κ2) is 17.9. The van der Waals surface area contributed by atoms with E-state index < -0.39 is 5.97 Å². The first-order valence-electron chi connectivity index (χ1n) is 14.1. The summed E-state index contributed by atoms with van der Waals surface area (Å²) in [6.45, 7) is 17.0. The third-order valence-electron chi connectivity index (χ3n) is 7.35. The Morgan fingerprint density at radius 1 is 0.875 bits per heavy atom. The van der Waals surface area contributed by atoms with Gasteiger partial charge in [0.05, 0.1) is 51.7 Å². The highest BCUT2D eigenvalue weighted by Gasteiger charge is 2.24. The number of hydrogen-bond acceptors (Lipinski definition) is 8. The minimum atomic E-state index is -1.25. The fourth-order valence-corrected chi connectivity index (χ4v) is 4.96. The lowest BCUT2D eigenvalue weighted by atomic mass is 10.0. The average molecular weight is 557 g/mol. The Hall–Kier alpha value is -2.65. The molecule has 0 atom stereocenters. The molecule has 2 fully saturated rings. The summed E-state index contributed by atoms with van der Waals surface area (Å²) in [6.07, 6.45) is 5.38. The van der Waals surface area contributed by atoms with E-state index in [0.29, 0.717) is 38.6 Å². The number of carboxylic acid groups (broad SMARTS) is 1. The molecule has 1 N–H and O–H groups in total. The molecular formula is C29H44N6O5. The van der Waals surface area contributed by atoms with Gasteiger partial charge in [0, 0.05) is 72.0 Å². The van der Waals surface area contributed by atoms with Gasteiger partial charge in [-0.05, 0) is 24.1 Å². The molecule has 2 heterocycles. The summed E-state index contributed by atoms with van der Waals surface area (Å²) < 4.78 is 17.1. The van der Waals surface area contributed by atoms with E-state index in [1.807, 2.05) is 19.1 Å². The quantitative estimate of drug-likeness (QED) is 0.0964. The molecule has 11 heteroatoms. The van der Waals surface area contributed by atoms with Crippen LogP contribution in [0.3, 0.4) is 0 Å². The zero-order valence-electron chi connectivity index (χ0n) is 23.8. The Balaban J connectivity index is 1.15. The van der Waals surface area contributed by atoms with E-state index in [1.165, 1.54) is 0 Å². The van der Waals surface area contributed by atoms with E-state index in [4.69, 9.17) is 26.2 Å². The van der Waals surface area contributed by atoms with Crippen molar-refractivity contribution in [1.29, 1.82) is 0 Å². The van der Waals surface area contributed by atoms with E-state index in [2.05, 4.69) is 30.3 Å². The van der Waals surface area contributed by atoms with Crippen molar-refractivity contribution < 1.29 is 28.9 Å². The number of rotatable bonds is 17. The maximum Gasteiger partial charge on any atom is 0.419 e. The molecule has 40 heavy (non-hydrogen) atoms. The van der Waals surface area contributed by atoms with Crippen LogP contribution in [0.5, 0.6) is 0 Å². The molecule has 3 rings (SSSR count). The standard InChI is InChI=1S/C29H44N6O5/c1-3-6-32-7-9-33(10-8-32)15-17-38-19-21-40-22-20-39-18-16-34-11-13-35(14-12-34)24-26-4-5-27(25(2)23-26)28(31-30)29(36)37/h1,4-5,23H,6-22,24H2,2H3,(H,36,37). The molecule has 0 aliphatic carbocycles. The Bertz CT molecular complexity index is 1010. The summed E-state index contributed by atoms with van der Waals surface area (Å²) in [7, 11) is 0. The third-order valence-corrected chi connectivity index (χ3v) is 7.35. The molecule has 1 aromatic carbocycles. The molecule has 220 valence electrons. The van der Waals surface area contributed by atoms with Crippen molar-refractivity contribution in [2.45, 2.75) is 13.5 Å². The second-order valence-electron chi connectivity index (χ2n) is 10.2. The topological polar surface area (TPSA) is 114 Å². The highest BCUT2D eigenvalue weighted by atomic mass is 16.5. The minimum absolute atomic E-state index is 0.339. The molecule has 0 saturated carbocycles. The van der Waals surface area contributed by atoms with Gasteiger partial charge in [0.2, 0.25) is 0 Å². The molecule has 2 saturated heterocycles. The number of benzene rings is 1. The van der Waals surface area contributed by atoms with Crippen LogP contribution in [0, 0.1) is 19.3 Å². The predicted molar refractivity (Wildman–Crippen MR) is 152 cm³/mol. The fraction of sp³-hybridized carbons (Fsp3) is 0.655. The second-order valence-corrected chi connectivity index (χ2v) is 10.2. The van der Waals surface area contributed by atoms with Crippen LogP contribution in [-0.2, 0) is 25.5 Å². The number of ether oxygens (including phenoxy) is 3. The molecule has 1 aromatic rings. The van der Waals surface area contributed by atoms with Crippen LogP contribution in [0.4, 0.5) is 0 Å². The zero-order chi connectivity index (χ0) is 28.6. The van der Waals surface area contributed by atoms with Gasteiger partial charge < -0.3 is 24.8 Å². The Kier molecular flexibility index (Phi) is 14.3. The van der Waals surface area contributed by atoms with Crippen molar-refractivity contribution in [3.63, 3.8) is 0 Å². The smallest absolute Gasteiger partial charge is 0.419 e. The SMILES string of the molecule is C#CCN1CCN(CCOCCOCCOCCN2CCN(Cc3ccc(C(=[N+]=[N-])C(=O)O)c(C)c3)CC2)CC1. The lowest BCUT2D eigenvalue weighted by Gasteiger charge is -2.34. The average Bonchev–Trinajstić information content (AvgIpc) is 2.95. The number of carboxylic acids is 1. The number of aryl methyl sites for hydroxylation is 1. The van der Waals surface area contributed by atoms with Crippen molar-refractivity contribution >= 4 is 11.7 Å². The molecule has 0 spiro atoms. The first kappa shape index (κ1) is 31.9. The number of aliphatic carboxylic acids is 1. The Morgan fingerprint density at radius 3 is 1.85 bits per heavy atom. The van der Waals surface area contributed by atoms with Gasteiger partial charge in [0.15, 0.2) is 0 Å². The normalized spacial score (nSPS) is 17.4. The maximum atomic E-state index is 11.2. The van der Waals surface area contributed by atoms with E-state index in [9.17, 15) is 9.90 Å². The molecule has 0 radical (unpaired) electrons. The van der Waals surface area contributed by atoms with Crippen LogP contribution in [0.1, 0.15) is 16.7 Å². The largest absolute Gasteiger partial charge is 0.472 e. The first-order valence-corrected chi connectivity index (χ1v) is 14.1. The van der Waals surface area contributed by atoms with Crippen molar-refractivity contribution in [1.82, 2.24) is 19.6 Å². The molecule has 2 aliphatic rings. The maximum absolute atomic E-state index is 11.2. The summed E-state index contributed by atoms with van der Waals surface area (Å²) in [5.74, 6) is 1.46. The predicted octanol–water partition coefficient (Wildman–Crippen LogP) is 0.517. The summed E-state index contributed by atoms with van der Waals surface area (Å²) >= 11 is 0. The molecule has 0 unspecified atom stereocenters. The van der Waals surface area contributed by atoms with E-state index in [-0.39, 0.29) is 5.71 Å². The number of hydrogen-bond donors (Lipinski definition) is 1. The van der Waals surface area contributed by atoms with Crippen LogP contribution >= 0.6 is 0 Å². The molecule has 0 amide bonds. The van der Waals surface area contributed by atoms with E-state index in [1.54, 1.807) is 6.07 Å². The van der Waals surface area contributed by atoms with Gasteiger partial charge in [-0.1, -0.05) is 18.1 Å². The van der Waals surface area contributed by atoms with Gasteiger partial charge in [-0.25, -0.2) is 4.79 Å². The summed E-state index contributed by atoms with van der Waals surface area (Å²) in [5, 5.41) is 9.18. The van der Waals surface area contributed by atoms with Crippen molar-refractivity contribution in [2.75, 3.05) is 112 Å². The number of terminal acetylenes is 1. The van der Waals surface area contributed by atoms with Gasteiger partial charge in [-0.3, -0.25) is 19.6 Å². The van der Waals surface area contributed by atoms with Crippen LogP contribution < -0.4 is 0 Å².